The number of rotatable bonds is 1. The van der Waals surface area contributed by atoms with E-state index < -0.39 is 9.84 Å². The van der Waals surface area contributed by atoms with Crippen molar-refractivity contribution in [1.82, 2.24) is 10.2 Å². The third kappa shape index (κ3) is 2.10. The number of sulfone groups is 1. The minimum Gasteiger partial charge on any atom is -0.309 e. The maximum absolute atomic E-state index is 11.1. The lowest BCUT2D eigenvalue weighted by molar-refractivity contribution is 0.120. The monoisotopic (exact) mass is 218 g/mol. The molecule has 2 rings (SSSR count). The van der Waals surface area contributed by atoms with E-state index in [1.54, 1.807) is 0 Å². The Balaban J connectivity index is 1.94. The van der Waals surface area contributed by atoms with Crippen LogP contribution in [0.1, 0.15) is 13.8 Å². The highest BCUT2D eigenvalue weighted by Gasteiger charge is 2.40. The molecule has 0 aromatic heterocycles. The van der Waals surface area contributed by atoms with Gasteiger partial charge in [-0.05, 0) is 13.8 Å². The van der Waals surface area contributed by atoms with Gasteiger partial charge >= 0.3 is 0 Å². The van der Waals surface area contributed by atoms with E-state index in [9.17, 15) is 8.42 Å². The van der Waals surface area contributed by atoms with Gasteiger partial charge in [0.1, 0.15) is 0 Å². The van der Waals surface area contributed by atoms with Crippen molar-refractivity contribution in [2.75, 3.05) is 31.1 Å². The quantitative estimate of drug-likeness (QED) is 0.642. The Bertz CT molecular complexity index is 312. The zero-order valence-corrected chi connectivity index (χ0v) is 9.60. The summed E-state index contributed by atoms with van der Waals surface area (Å²) in [6.45, 7) is 7.21. The lowest BCUT2D eigenvalue weighted by Crippen LogP contribution is -2.64. The largest absolute Gasteiger partial charge is 0.309 e. The summed E-state index contributed by atoms with van der Waals surface area (Å²) in [4.78, 5) is 2.30. The normalized spacial score (nSPS) is 32.4. The van der Waals surface area contributed by atoms with E-state index in [0.717, 1.165) is 19.6 Å². The van der Waals surface area contributed by atoms with Crippen molar-refractivity contribution in [2.45, 2.75) is 25.4 Å². The molecule has 0 unspecified atom stereocenters. The van der Waals surface area contributed by atoms with Crippen molar-refractivity contribution in [1.29, 1.82) is 0 Å². The summed E-state index contributed by atoms with van der Waals surface area (Å²) in [6.07, 6.45) is 0. The molecule has 0 amide bonds. The van der Waals surface area contributed by atoms with Crippen LogP contribution in [0.4, 0.5) is 0 Å². The van der Waals surface area contributed by atoms with Crippen LogP contribution < -0.4 is 5.32 Å². The Hall–Kier alpha value is -0.130. The fourth-order valence-electron chi connectivity index (χ4n) is 2.24. The van der Waals surface area contributed by atoms with Crippen LogP contribution in [0.3, 0.4) is 0 Å². The predicted octanol–water partition coefficient (Wildman–Crippen LogP) is -0.533. The molecule has 82 valence electrons. The molecule has 14 heavy (non-hydrogen) atoms. The molecule has 0 saturated carbocycles. The third-order valence-corrected chi connectivity index (χ3v) is 4.80. The van der Waals surface area contributed by atoms with Crippen LogP contribution in [0, 0.1) is 0 Å². The molecule has 2 aliphatic heterocycles. The smallest absolute Gasteiger partial charge is 0.153 e. The molecule has 2 aliphatic rings. The van der Waals surface area contributed by atoms with E-state index >= 15 is 0 Å². The molecule has 2 fully saturated rings. The first-order valence-electron chi connectivity index (χ1n) is 5.07. The van der Waals surface area contributed by atoms with Gasteiger partial charge in [0.2, 0.25) is 0 Å². The third-order valence-electron chi connectivity index (χ3n) is 3.01. The summed E-state index contributed by atoms with van der Waals surface area (Å²) in [5.41, 5.74) is 0.123. The summed E-state index contributed by atoms with van der Waals surface area (Å²) < 4.78 is 22.1. The Kier molecular flexibility index (Phi) is 2.36. The average molecular weight is 218 g/mol. The summed E-state index contributed by atoms with van der Waals surface area (Å²) in [6, 6.07) is 0.279. The van der Waals surface area contributed by atoms with Crippen molar-refractivity contribution in [3.05, 3.63) is 0 Å². The van der Waals surface area contributed by atoms with Crippen molar-refractivity contribution in [3.8, 4) is 0 Å². The highest BCUT2D eigenvalue weighted by atomic mass is 32.2. The molecule has 0 bridgehead atoms. The van der Waals surface area contributed by atoms with E-state index in [1.807, 2.05) is 0 Å². The molecule has 2 saturated heterocycles. The van der Waals surface area contributed by atoms with E-state index in [1.165, 1.54) is 0 Å². The van der Waals surface area contributed by atoms with E-state index in [-0.39, 0.29) is 11.6 Å². The summed E-state index contributed by atoms with van der Waals surface area (Å²) >= 11 is 0. The Labute approximate surface area is 85.6 Å². The first kappa shape index (κ1) is 10.4. The molecule has 0 aromatic carbocycles. The molecule has 0 aliphatic carbocycles. The maximum atomic E-state index is 11.1. The molecule has 5 heteroatoms. The minimum atomic E-state index is -2.68. The van der Waals surface area contributed by atoms with Gasteiger partial charge in [0.15, 0.2) is 9.84 Å². The Morgan fingerprint density at radius 3 is 2.50 bits per heavy atom. The average Bonchev–Trinajstić information content (AvgIpc) is 1.98. The van der Waals surface area contributed by atoms with Crippen LogP contribution in [0.15, 0.2) is 0 Å². The van der Waals surface area contributed by atoms with Crippen LogP contribution in [0.25, 0.3) is 0 Å². The van der Waals surface area contributed by atoms with Crippen LogP contribution in [-0.2, 0) is 9.84 Å². The van der Waals surface area contributed by atoms with Gasteiger partial charge in [-0.1, -0.05) is 0 Å². The fourth-order valence-corrected chi connectivity index (χ4v) is 3.74. The van der Waals surface area contributed by atoms with Gasteiger partial charge < -0.3 is 5.32 Å². The first-order chi connectivity index (χ1) is 6.38. The zero-order valence-electron chi connectivity index (χ0n) is 8.78. The van der Waals surface area contributed by atoms with Crippen molar-refractivity contribution >= 4 is 9.84 Å². The van der Waals surface area contributed by atoms with Gasteiger partial charge in [-0.25, -0.2) is 8.42 Å². The first-order valence-corrected chi connectivity index (χ1v) is 6.90. The fraction of sp³-hybridized carbons (Fsp3) is 1.00. The van der Waals surface area contributed by atoms with Gasteiger partial charge in [0.05, 0.1) is 11.5 Å². The van der Waals surface area contributed by atoms with E-state index in [2.05, 4.69) is 24.1 Å². The van der Waals surface area contributed by atoms with Crippen molar-refractivity contribution < 1.29 is 8.42 Å². The number of hydrogen-bond acceptors (Lipinski definition) is 4. The summed E-state index contributed by atoms with van der Waals surface area (Å²) in [5, 5.41) is 3.42. The maximum Gasteiger partial charge on any atom is 0.153 e. The van der Waals surface area contributed by atoms with Gasteiger partial charge in [0.25, 0.3) is 0 Å². The topological polar surface area (TPSA) is 49.4 Å². The Morgan fingerprint density at radius 2 is 2.00 bits per heavy atom. The molecule has 1 N–H and O–H groups in total. The van der Waals surface area contributed by atoms with E-state index in [4.69, 9.17) is 0 Å². The van der Waals surface area contributed by atoms with Crippen LogP contribution in [0.2, 0.25) is 0 Å². The number of piperazine rings is 1. The van der Waals surface area contributed by atoms with Crippen molar-refractivity contribution in [3.63, 3.8) is 0 Å². The summed E-state index contributed by atoms with van der Waals surface area (Å²) in [5.74, 6) is 0.728. The van der Waals surface area contributed by atoms with Gasteiger partial charge in [0, 0.05) is 31.2 Å². The lowest BCUT2D eigenvalue weighted by Gasteiger charge is -2.45. The number of hydrogen-bond donors (Lipinski definition) is 1. The Morgan fingerprint density at radius 1 is 1.36 bits per heavy atom. The molecule has 0 atom stereocenters. The van der Waals surface area contributed by atoms with Crippen LogP contribution in [0.5, 0.6) is 0 Å². The molecule has 4 nitrogen and oxygen atoms in total. The molecule has 2 heterocycles. The second-order valence-corrected chi connectivity index (χ2v) is 7.17. The zero-order chi connectivity index (χ0) is 10.4. The van der Waals surface area contributed by atoms with Gasteiger partial charge in [-0.15, -0.1) is 0 Å². The van der Waals surface area contributed by atoms with Crippen LogP contribution in [-0.4, -0.2) is 56.0 Å². The van der Waals surface area contributed by atoms with Crippen molar-refractivity contribution in [2.24, 2.45) is 0 Å². The van der Waals surface area contributed by atoms with Gasteiger partial charge in [-0.3, -0.25) is 4.90 Å². The molecule has 0 spiro atoms. The summed E-state index contributed by atoms with van der Waals surface area (Å²) in [7, 11) is -2.68. The van der Waals surface area contributed by atoms with Gasteiger partial charge in [-0.2, -0.15) is 0 Å². The second-order valence-electron chi connectivity index (χ2n) is 5.01. The number of nitrogens with zero attached hydrogens (tertiary/aromatic N) is 1. The van der Waals surface area contributed by atoms with E-state index in [0.29, 0.717) is 11.5 Å². The van der Waals surface area contributed by atoms with Crippen LogP contribution >= 0.6 is 0 Å². The highest BCUT2D eigenvalue weighted by molar-refractivity contribution is 7.92. The molecular weight excluding hydrogens is 200 g/mol. The SMILES string of the molecule is CC1(C)CN(C2CS(=O)(=O)C2)CCN1. The molecular formula is C9H18N2O2S. The predicted molar refractivity (Wildman–Crippen MR) is 56.1 cm³/mol. The number of nitrogens with one attached hydrogen (secondary N) is 1. The highest BCUT2D eigenvalue weighted by Crippen LogP contribution is 2.21. The minimum absolute atomic E-state index is 0.123. The molecule has 0 radical (unpaired) electrons. The standard InChI is InChI=1S/C9H18N2O2S/c1-9(2)7-11(4-3-10-9)8-5-14(12,13)6-8/h8,10H,3-7H2,1-2H3. The molecule has 0 aromatic rings. The second kappa shape index (κ2) is 3.18. The lowest BCUT2D eigenvalue weighted by atomic mass is 10.0.